The summed E-state index contributed by atoms with van der Waals surface area (Å²) >= 11 is 0. The van der Waals surface area contributed by atoms with Crippen LogP contribution < -0.4 is 4.90 Å². The fourth-order valence-electron chi connectivity index (χ4n) is 3.08. The molecule has 2 heterocycles. The number of aliphatic imine (C=N–C) groups is 1. The predicted octanol–water partition coefficient (Wildman–Crippen LogP) is 1.78. The largest absolute Gasteiger partial charge is 0.463 e. The fraction of sp³-hybridized carbons (Fsp3) is 0.368. The van der Waals surface area contributed by atoms with Crippen LogP contribution in [0.15, 0.2) is 35.6 Å². The second kappa shape index (κ2) is 6.40. The standard InChI is InChI=1S/C19H20N2O5/c1-19(2,3)26-17(23)13-10-11-6-5-7-12-14(16(22)18(24)25-4)20-8-9-21(13)15(11)12/h5-9,13H,10H2,1-4H3. The number of methoxy groups -OCH3 is 1. The summed E-state index contributed by atoms with van der Waals surface area (Å²) in [6.45, 7) is 5.44. The monoisotopic (exact) mass is 356 g/mol. The molecule has 0 fully saturated rings. The number of anilines is 1. The number of nitrogens with zero attached hydrogens (tertiary/aromatic N) is 2. The molecule has 1 aromatic carbocycles. The SMILES string of the molecule is COC(=O)C(=O)C1=NC=CN2c3c(cccc31)CC2C(=O)OC(C)(C)C. The summed E-state index contributed by atoms with van der Waals surface area (Å²) in [5.41, 5.74) is 1.46. The van der Waals surface area contributed by atoms with Crippen LogP contribution in [-0.2, 0) is 30.3 Å². The smallest absolute Gasteiger partial charge is 0.381 e. The van der Waals surface area contributed by atoms with Crippen LogP contribution in [0.3, 0.4) is 0 Å². The summed E-state index contributed by atoms with van der Waals surface area (Å²) in [6.07, 6.45) is 3.48. The molecule has 3 rings (SSSR count). The molecule has 0 amide bonds. The van der Waals surface area contributed by atoms with Crippen molar-refractivity contribution < 1.29 is 23.9 Å². The van der Waals surface area contributed by atoms with E-state index in [1.54, 1.807) is 23.2 Å². The first-order chi connectivity index (χ1) is 12.2. The molecule has 0 saturated carbocycles. The molecular weight excluding hydrogens is 336 g/mol. The average molecular weight is 356 g/mol. The van der Waals surface area contributed by atoms with Gasteiger partial charge in [-0.05, 0) is 26.3 Å². The summed E-state index contributed by atoms with van der Waals surface area (Å²) in [5, 5.41) is 0. The van der Waals surface area contributed by atoms with Crippen molar-refractivity contribution in [2.45, 2.75) is 38.8 Å². The Morgan fingerprint density at radius 1 is 1.23 bits per heavy atom. The maximum absolute atomic E-state index is 12.6. The van der Waals surface area contributed by atoms with Gasteiger partial charge >= 0.3 is 11.9 Å². The van der Waals surface area contributed by atoms with E-state index < -0.39 is 23.4 Å². The van der Waals surface area contributed by atoms with Gasteiger partial charge < -0.3 is 14.4 Å². The Kier molecular flexibility index (Phi) is 4.39. The molecule has 0 N–H and O–H groups in total. The number of hydrogen-bond donors (Lipinski definition) is 0. The Bertz CT molecular complexity index is 848. The van der Waals surface area contributed by atoms with Crippen LogP contribution in [0.4, 0.5) is 5.69 Å². The lowest BCUT2D eigenvalue weighted by molar-refractivity contribution is -0.156. The molecule has 0 aromatic heterocycles. The van der Waals surface area contributed by atoms with E-state index in [0.717, 1.165) is 12.7 Å². The molecule has 0 saturated heterocycles. The van der Waals surface area contributed by atoms with E-state index in [9.17, 15) is 14.4 Å². The molecule has 2 aliphatic heterocycles. The highest BCUT2D eigenvalue weighted by atomic mass is 16.6. The molecule has 0 radical (unpaired) electrons. The quantitative estimate of drug-likeness (QED) is 0.606. The first kappa shape index (κ1) is 17.8. The normalized spacial score (nSPS) is 17.9. The predicted molar refractivity (Wildman–Crippen MR) is 95.0 cm³/mol. The van der Waals surface area contributed by atoms with Crippen molar-refractivity contribution in [3.05, 3.63) is 41.7 Å². The number of esters is 2. The van der Waals surface area contributed by atoms with Crippen LogP contribution in [0, 0.1) is 0 Å². The van der Waals surface area contributed by atoms with E-state index in [1.807, 2.05) is 26.8 Å². The van der Waals surface area contributed by atoms with Crippen molar-refractivity contribution in [3.63, 3.8) is 0 Å². The van der Waals surface area contributed by atoms with Crippen LogP contribution in [0.2, 0.25) is 0 Å². The summed E-state index contributed by atoms with van der Waals surface area (Å²) in [6, 6.07) is 4.81. The van der Waals surface area contributed by atoms with Crippen molar-refractivity contribution in [3.8, 4) is 0 Å². The minimum absolute atomic E-state index is 0.00251. The number of carbonyl (C=O) groups is 3. The molecule has 1 aromatic rings. The first-order valence-electron chi connectivity index (χ1n) is 8.23. The number of para-hydroxylation sites is 1. The third-order valence-electron chi connectivity index (χ3n) is 4.08. The van der Waals surface area contributed by atoms with E-state index in [4.69, 9.17) is 4.74 Å². The van der Waals surface area contributed by atoms with Gasteiger partial charge in [-0.15, -0.1) is 0 Å². The maximum Gasteiger partial charge on any atom is 0.381 e. The third kappa shape index (κ3) is 3.12. The molecule has 26 heavy (non-hydrogen) atoms. The van der Waals surface area contributed by atoms with Crippen molar-refractivity contribution in [2.24, 2.45) is 4.99 Å². The Morgan fingerprint density at radius 2 is 1.96 bits per heavy atom. The van der Waals surface area contributed by atoms with Crippen molar-refractivity contribution >= 4 is 29.1 Å². The lowest BCUT2D eigenvalue weighted by Crippen LogP contribution is -2.40. The molecule has 136 valence electrons. The molecule has 0 bridgehead atoms. The van der Waals surface area contributed by atoms with Crippen LogP contribution in [0.1, 0.15) is 31.9 Å². The zero-order chi connectivity index (χ0) is 19.1. The van der Waals surface area contributed by atoms with Gasteiger partial charge in [0.25, 0.3) is 5.78 Å². The minimum atomic E-state index is -0.982. The zero-order valence-corrected chi connectivity index (χ0v) is 15.1. The molecule has 7 nitrogen and oxygen atoms in total. The van der Waals surface area contributed by atoms with Gasteiger partial charge in [-0.1, -0.05) is 18.2 Å². The van der Waals surface area contributed by atoms with E-state index in [0.29, 0.717) is 17.7 Å². The fourth-order valence-corrected chi connectivity index (χ4v) is 3.08. The van der Waals surface area contributed by atoms with Crippen LogP contribution >= 0.6 is 0 Å². The molecule has 1 atom stereocenters. The Hall–Kier alpha value is -2.96. The van der Waals surface area contributed by atoms with E-state index in [2.05, 4.69) is 9.73 Å². The number of rotatable bonds is 3. The van der Waals surface area contributed by atoms with Gasteiger partial charge in [0.1, 0.15) is 17.4 Å². The highest BCUT2D eigenvalue weighted by Crippen LogP contribution is 2.38. The number of benzene rings is 1. The van der Waals surface area contributed by atoms with Gasteiger partial charge in [-0.2, -0.15) is 0 Å². The lowest BCUT2D eigenvalue weighted by Gasteiger charge is -2.27. The van der Waals surface area contributed by atoms with Gasteiger partial charge in [0.05, 0.1) is 12.8 Å². The summed E-state index contributed by atoms with van der Waals surface area (Å²) in [5.74, 6) is -2.16. The van der Waals surface area contributed by atoms with E-state index in [1.165, 1.54) is 6.20 Å². The van der Waals surface area contributed by atoms with Crippen LogP contribution in [0.25, 0.3) is 0 Å². The Morgan fingerprint density at radius 3 is 2.62 bits per heavy atom. The van der Waals surface area contributed by atoms with Gasteiger partial charge in [0.2, 0.25) is 0 Å². The van der Waals surface area contributed by atoms with Gasteiger partial charge in [0.15, 0.2) is 0 Å². The molecule has 7 heteroatoms. The molecule has 0 spiro atoms. The maximum atomic E-state index is 12.6. The number of ether oxygens (including phenoxy) is 2. The summed E-state index contributed by atoms with van der Waals surface area (Å²) < 4.78 is 10.1. The average Bonchev–Trinajstić information content (AvgIpc) is 2.83. The number of carbonyl (C=O) groups excluding carboxylic acids is 3. The second-order valence-electron chi connectivity index (χ2n) is 7.07. The minimum Gasteiger partial charge on any atom is -0.463 e. The zero-order valence-electron chi connectivity index (χ0n) is 15.1. The number of Topliss-reactive ketones (excluding diaryl/α,β-unsaturated/α-hetero) is 1. The van der Waals surface area contributed by atoms with Crippen molar-refractivity contribution in [1.82, 2.24) is 0 Å². The molecule has 2 aliphatic rings. The number of hydrogen-bond acceptors (Lipinski definition) is 7. The third-order valence-corrected chi connectivity index (χ3v) is 4.08. The Balaban J connectivity index is 2.01. The summed E-state index contributed by atoms with van der Waals surface area (Å²) in [4.78, 5) is 42.5. The summed E-state index contributed by atoms with van der Waals surface area (Å²) in [7, 11) is 1.15. The van der Waals surface area contributed by atoms with Crippen LogP contribution in [0.5, 0.6) is 0 Å². The first-order valence-corrected chi connectivity index (χ1v) is 8.23. The molecular formula is C19H20N2O5. The van der Waals surface area contributed by atoms with Crippen LogP contribution in [-0.4, -0.2) is 42.2 Å². The topological polar surface area (TPSA) is 85.3 Å². The molecule has 0 aliphatic carbocycles. The lowest BCUT2D eigenvalue weighted by atomic mass is 10.0. The Labute approximate surface area is 151 Å². The highest BCUT2D eigenvalue weighted by molar-refractivity contribution is 6.67. The van der Waals surface area contributed by atoms with Gasteiger partial charge in [-0.3, -0.25) is 9.79 Å². The highest BCUT2D eigenvalue weighted by Gasteiger charge is 2.40. The second-order valence-corrected chi connectivity index (χ2v) is 7.07. The van der Waals surface area contributed by atoms with Gasteiger partial charge in [0, 0.05) is 24.4 Å². The van der Waals surface area contributed by atoms with Crippen molar-refractivity contribution in [2.75, 3.05) is 12.0 Å². The van der Waals surface area contributed by atoms with E-state index in [-0.39, 0.29) is 11.7 Å². The molecule has 1 unspecified atom stereocenters. The van der Waals surface area contributed by atoms with Crippen molar-refractivity contribution in [1.29, 1.82) is 0 Å². The number of ketones is 1. The van der Waals surface area contributed by atoms with Gasteiger partial charge in [-0.25, -0.2) is 9.59 Å². The van der Waals surface area contributed by atoms with E-state index >= 15 is 0 Å².